The third kappa shape index (κ3) is 5.72. The van der Waals surface area contributed by atoms with Crippen LogP contribution in [0.4, 0.5) is 0 Å². The van der Waals surface area contributed by atoms with E-state index < -0.39 is 5.60 Å². The van der Waals surface area contributed by atoms with Gasteiger partial charge in [0.15, 0.2) is 0 Å². The van der Waals surface area contributed by atoms with Gasteiger partial charge in [-0.05, 0) is 75.6 Å². The van der Waals surface area contributed by atoms with Gasteiger partial charge in [-0.25, -0.2) is 4.98 Å². The van der Waals surface area contributed by atoms with Gasteiger partial charge in [-0.3, -0.25) is 9.78 Å². The molecule has 0 unspecified atom stereocenters. The molecule has 2 aliphatic carbocycles. The third-order valence-corrected chi connectivity index (χ3v) is 7.39. The Morgan fingerprint density at radius 3 is 2.78 bits per heavy atom. The lowest BCUT2D eigenvalue weighted by Crippen LogP contribution is -2.58. The maximum Gasteiger partial charge on any atom is 0.255 e. The Bertz CT molecular complexity index is 1170. The van der Waals surface area contributed by atoms with Crippen molar-refractivity contribution in [2.24, 2.45) is 11.1 Å². The molecular formula is C28H36N4O5. The third-order valence-electron chi connectivity index (χ3n) is 7.39. The van der Waals surface area contributed by atoms with Crippen LogP contribution in [-0.4, -0.2) is 51.9 Å². The van der Waals surface area contributed by atoms with Crippen LogP contribution in [0.3, 0.4) is 0 Å². The van der Waals surface area contributed by atoms with Crippen LogP contribution >= 0.6 is 0 Å². The highest BCUT2D eigenvalue weighted by molar-refractivity contribution is 6.18. The van der Waals surface area contributed by atoms with Crippen LogP contribution in [0.5, 0.6) is 11.6 Å². The summed E-state index contributed by atoms with van der Waals surface area (Å²) < 4.78 is 17.3. The predicted octanol–water partition coefficient (Wildman–Crippen LogP) is 2.81. The van der Waals surface area contributed by atoms with Crippen molar-refractivity contribution in [3.05, 3.63) is 53.1 Å². The van der Waals surface area contributed by atoms with Gasteiger partial charge in [0.2, 0.25) is 5.88 Å². The molecule has 1 spiro atoms. The molecule has 2 aromatic rings. The van der Waals surface area contributed by atoms with Crippen molar-refractivity contribution < 1.29 is 24.1 Å². The molecule has 2 fully saturated rings. The molecule has 0 atom stereocenters. The number of nitrogens with one attached hydrogen (secondary N) is 1. The predicted molar refractivity (Wildman–Crippen MR) is 138 cm³/mol. The molecule has 1 amide bonds. The van der Waals surface area contributed by atoms with E-state index in [0.29, 0.717) is 30.2 Å². The van der Waals surface area contributed by atoms with E-state index in [0.717, 1.165) is 54.8 Å². The number of hydrogen-bond donors (Lipinski definition) is 3. The fourth-order valence-electron chi connectivity index (χ4n) is 5.49. The van der Waals surface area contributed by atoms with Crippen molar-refractivity contribution in [2.75, 3.05) is 13.2 Å². The second-order valence-corrected chi connectivity index (χ2v) is 11.3. The van der Waals surface area contributed by atoms with Gasteiger partial charge in [0.25, 0.3) is 5.91 Å². The minimum atomic E-state index is -0.944. The molecule has 4 N–H and O–H groups in total. The maximum atomic E-state index is 12.9. The van der Waals surface area contributed by atoms with Crippen molar-refractivity contribution in [3.8, 4) is 11.6 Å². The van der Waals surface area contributed by atoms with Crippen molar-refractivity contribution in [1.29, 1.82) is 0 Å². The molecular weight excluding hydrogens is 472 g/mol. The minimum absolute atomic E-state index is 0.112. The van der Waals surface area contributed by atoms with E-state index in [1.807, 2.05) is 6.92 Å². The fraction of sp³-hybridized carbons (Fsp3) is 0.536. The zero-order valence-electron chi connectivity index (χ0n) is 21.8. The van der Waals surface area contributed by atoms with Crippen LogP contribution in [0.25, 0.3) is 5.57 Å². The first-order valence-corrected chi connectivity index (χ1v) is 12.9. The van der Waals surface area contributed by atoms with Gasteiger partial charge in [0.05, 0.1) is 42.0 Å². The summed E-state index contributed by atoms with van der Waals surface area (Å²) in [4.78, 5) is 22.0. The lowest BCUT2D eigenvalue weighted by atomic mass is 9.53. The number of ether oxygens (including phenoxy) is 3. The van der Waals surface area contributed by atoms with Crippen LogP contribution in [0.2, 0.25) is 0 Å². The number of hydrogen-bond acceptors (Lipinski definition) is 8. The van der Waals surface area contributed by atoms with Gasteiger partial charge in [-0.2, -0.15) is 0 Å². The van der Waals surface area contributed by atoms with E-state index in [4.69, 9.17) is 24.9 Å². The van der Waals surface area contributed by atoms with E-state index in [9.17, 15) is 9.90 Å². The molecule has 0 aromatic carbocycles. The molecule has 2 aromatic heterocycles. The number of nitrogens with zero attached hydrogens (tertiary/aromatic N) is 2. The summed E-state index contributed by atoms with van der Waals surface area (Å²) in [5.74, 6) is 1.02. The molecule has 9 heteroatoms. The highest BCUT2D eigenvalue weighted by atomic mass is 16.5. The molecule has 9 nitrogen and oxygen atoms in total. The van der Waals surface area contributed by atoms with Crippen molar-refractivity contribution in [2.45, 2.75) is 77.2 Å². The molecule has 0 bridgehead atoms. The number of amides is 1. The van der Waals surface area contributed by atoms with Gasteiger partial charge < -0.3 is 30.4 Å². The largest absolute Gasteiger partial charge is 0.489 e. The Morgan fingerprint density at radius 1 is 1.32 bits per heavy atom. The summed E-state index contributed by atoms with van der Waals surface area (Å²) in [7, 11) is 0. The standard InChI is InChI=1S/C28H36N4O5/c1-17-8-18-15-35-7-6-23(18)32-26(17)37-21-11-28(12-21)9-19(10-28)31-25(33)22(13-29)24-5-4-20(14-30-24)36-16-27(2,3)34/h4-5,8,13-14,19,21,34H,6-7,9-12,15-16,29H2,1-3H3,(H,31,33). The smallest absolute Gasteiger partial charge is 0.255 e. The highest BCUT2D eigenvalue weighted by Crippen LogP contribution is 2.57. The molecule has 1 aliphatic heterocycles. The number of carbonyl (C=O) groups is 1. The topological polar surface area (TPSA) is 129 Å². The van der Waals surface area contributed by atoms with Gasteiger partial charge in [0.1, 0.15) is 18.5 Å². The summed E-state index contributed by atoms with van der Waals surface area (Å²) in [5, 5.41) is 12.9. The van der Waals surface area contributed by atoms with Crippen LogP contribution in [0.15, 0.2) is 30.6 Å². The molecule has 0 radical (unpaired) electrons. The van der Waals surface area contributed by atoms with Gasteiger partial charge in [-0.1, -0.05) is 0 Å². The van der Waals surface area contributed by atoms with Gasteiger partial charge in [-0.15, -0.1) is 0 Å². The van der Waals surface area contributed by atoms with E-state index in [-0.39, 0.29) is 30.1 Å². The van der Waals surface area contributed by atoms with E-state index in [1.165, 1.54) is 12.4 Å². The van der Waals surface area contributed by atoms with E-state index >= 15 is 0 Å². The Kier molecular flexibility index (Phi) is 6.85. The van der Waals surface area contributed by atoms with Crippen LogP contribution < -0.4 is 20.5 Å². The van der Waals surface area contributed by atoms with Crippen LogP contribution in [0, 0.1) is 12.3 Å². The highest BCUT2D eigenvalue weighted by Gasteiger charge is 2.54. The Hall–Kier alpha value is -3.17. The number of aryl methyl sites for hydroxylation is 1. The summed E-state index contributed by atoms with van der Waals surface area (Å²) in [5.41, 5.74) is 9.16. The molecule has 3 aliphatic rings. The molecule has 5 rings (SSSR count). The molecule has 198 valence electrons. The fourth-order valence-corrected chi connectivity index (χ4v) is 5.49. The lowest BCUT2D eigenvalue weighted by Gasteiger charge is -2.57. The van der Waals surface area contributed by atoms with Crippen molar-refractivity contribution in [1.82, 2.24) is 15.3 Å². The first-order chi connectivity index (χ1) is 17.6. The van der Waals surface area contributed by atoms with E-state index in [2.05, 4.69) is 16.4 Å². The second-order valence-electron chi connectivity index (χ2n) is 11.3. The number of pyridine rings is 2. The average molecular weight is 509 g/mol. The Morgan fingerprint density at radius 2 is 2.11 bits per heavy atom. The van der Waals surface area contributed by atoms with E-state index in [1.54, 1.807) is 26.0 Å². The van der Waals surface area contributed by atoms with Crippen molar-refractivity contribution >= 4 is 11.5 Å². The number of aromatic nitrogens is 2. The van der Waals surface area contributed by atoms with Crippen LogP contribution in [-0.2, 0) is 22.6 Å². The summed E-state index contributed by atoms with van der Waals surface area (Å²) >= 11 is 0. The minimum Gasteiger partial charge on any atom is -0.489 e. The average Bonchev–Trinajstić information content (AvgIpc) is 2.81. The number of aliphatic hydroxyl groups is 1. The zero-order valence-corrected chi connectivity index (χ0v) is 21.8. The molecule has 3 heterocycles. The summed E-state index contributed by atoms with van der Waals surface area (Å²) in [6.07, 6.45) is 7.64. The zero-order chi connectivity index (χ0) is 26.2. The first kappa shape index (κ1) is 25.5. The Balaban J connectivity index is 1.09. The monoisotopic (exact) mass is 508 g/mol. The lowest BCUT2D eigenvalue weighted by molar-refractivity contribution is -0.122. The normalized spacial score (nSPS) is 25.0. The molecule has 0 saturated heterocycles. The molecule has 37 heavy (non-hydrogen) atoms. The number of fused-ring (bicyclic) bond motifs is 1. The summed E-state index contributed by atoms with van der Waals surface area (Å²) in [6, 6.07) is 5.65. The second kappa shape index (κ2) is 9.95. The molecule has 2 saturated carbocycles. The van der Waals surface area contributed by atoms with Crippen LogP contribution in [0.1, 0.15) is 62.0 Å². The maximum absolute atomic E-state index is 12.9. The number of carbonyl (C=O) groups excluding carboxylic acids is 1. The SMILES string of the molecule is Cc1cc2c(nc1OC1CC3(CC(NC(=O)C(=CN)c4ccc(OCC(C)(C)O)cn4)C3)C1)CCOC2. The Labute approximate surface area is 217 Å². The van der Waals surface area contributed by atoms with Crippen molar-refractivity contribution in [3.63, 3.8) is 0 Å². The quantitative estimate of drug-likeness (QED) is 0.465. The first-order valence-electron chi connectivity index (χ1n) is 12.9. The van der Waals surface area contributed by atoms with Gasteiger partial charge >= 0.3 is 0 Å². The number of nitrogens with two attached hydrogens (primary N) is 1. The number of rotatable bonds is 8. The summed E-state index contributed by atoms with van der Waals surface area (Å²) in [6.45, 7) is 6.85. The van der Waals surface area contributed by atoms with Gasteiger partial charge in [0, 0.05) is 24.2 Å².